The van der Waals surface area contributed by atoms with Gasteiger partial charge in [0, 0.05) is 0 Å². The summed E-state index contributed by atoms with van der Waals surface area (Å²) in [6, 6.07) is 11.5. The van der Waals surface area contributed by atoms with E-state index in [4.69, 9.17) is 24.1 Å². The van der Waals surface area contributed by atoms with Crippen molar-refractivity contribution in [2.45, 2.75) is 13.5 Å². The molecule has 27 heavy (non-hydrogen) atoms. The van der Waals surface area contributed by atoms with Gasteiger partial charge in [-0.05, 0) is 42.3 Å². The van der Waals surface area contributed by atoms with Crippen molar-refractivity contribution in [1.29, 1.82) is 0 Å². The molecule has 0 aliphatic rings. The molecule has 0 radical (unpaired) electrons. The maximum absolute atomic E-state index is 8.77. The average Bonchev–Trinajstić information content (AvgIpc) is 2.70. The second-order valence-electron chi connectivity index (χ2n) is 5.59. The van der Waals surface area contributed by atoms with Crippen LogP contribution in [0.5, 0.6) is 23.0 Å². The monoisotopic (exact) mass is 370 g/mol. The van der Waals surface area contributed by atoms with Crippen molar-refractivity contribution < 1.29 is 24.1 Å². The molecule has 0 spiro atoms. The van der Waals surface area contributed by atoms with Gasteiger partial charge in [-0.3, -0.25) is 0 Å². The minimum absolute atomic E-state index is 0.00923. The number of benzene rings is 2. The van der Waals surface area contributed by atoms with Gasteiger partial charge in [-0.25, -0.2) is 0 Å². The largest absolute Gasteiger partial charge is 0.494 e. The van der Waals surface area contributed by atoms with E-state index in [1.165, 1.54) is 0 Å². The van der Waals surface area contributed by atoms with Crippen LogP contribution in [0.2, 0.25) is 0 Å². The van der Waals surface area contributed by atoms with E-state index in [0.29, 0.717) is 30.5 Å². The Kier molecular flexibility index (Phi) is 8.26. The molecule has 0 fully saturated rings. The summed E-state index contributed by atoms with van der Waals surface area (Å²) in [4.78, 5) is 0. The number of rotatable bonds is 10. The number of aliphatic hydroxyl groups is 1. The van der Waals surface area contributed by atoms with Crippen molar-refractivity contribution >= 4 is 6.08 Å². The van der Waals surface area contributed by atoms with Gasteiger partial charge >= 0.3 is 0 Å². The van der Waals surface area contributed by atoms with E-state index in [2.05, 4.69) is 0 Å². The molecule has 2 aromatic carbocycles. The van der Waals surface area contributed by atoms with E-state index in [1.54, 1.807) is 26.4 Å². The first-order valence-electron chi connectivity index (χ1n) is 8.76. The molecule has 0 saturated carbocycles. The Morgan fingerprint density at radius 1 is 0.926 bits per heavy atom. The normalized spacial score (nSPS) is 11.1. The predicted molar refractivity (Wildman–Crippen MR) is 107 cm³/mol. The standard InChI is InChI=1S/C22H26O5/c1-4-26-19-11-9-17(10-12-19)16-27-22-20(24-2)14-18(15-21(22)25-3)8-6-5-7-13-23/h5-12,14-15,23H,4,13,16H2,1-3H3/b7-5+,8-6+. The van der Waals surface area contributed by atoms with E-state index >= 15 is 0 Å². The van der Waals surface area contributed by atoms with Crippen molar-refractivity contribution in [1.82, 2.24) is 0 Å². The lowest BCUT2D eigenvalue weighted by Crippen LogP contribution is -2.01. The van der Waals surface area contributed by atoms with E-state index in [9.17, 15) is 0 Å². The molecule has 0 saturated heterocycles. The average molecular weight is 370 g/mol. The molecule has 0 bridgehead atoms. The summed E-state index contributed by atoms with van der Waals surface area (Å²) in [5.41, 5.74) is 1.92. The van der Waals surface area contributed by atoms with Gasteiger partial charge in [-0.2, -0.15) is 0 Å². The number of ether oxygens (including phenoxy) is 4. The zero-order chi connectivity index (χ0) is 19.5. The van der Waals surface area contributed by atoms with Crippen LogP contribution in [0.1, 0.15) is 18.1 Å². The molecular formula is C22H26O5. The number of methoxy groups -OCH3 is 2. The van der Waals surface area contributed by atoms with Crippen molar-refractivity contribution in [3.05, 3.63) is 65.8 Å². The fraction of sp³-hybridized carbons (Fsp3) is 0.273. The highest BCUT2D eigenvalue weighted by molar-refractivity contribution is 5.62. The number of hydrogen-bond donors (Lipinski definition) is 1. The molecule has 5 nitrogen and oxygen atoms in total. The molecule has 1 N–H and O–H groups in total. The van der Waals surface area contributed by atoms with E-state index in [-0.39, 0.29) is 6.61 Å². The van der Waals surface area contributed by atoms with Gasteiger partial charge < -0.3 is 24.1 Å². The zero-order valence-electron chi connectivity index (χ0n) is 16.0. The molecule has 2 rings (SSSR count). The SMILES string of the molecule is CCOc1ccc(COc2c(OC)cc(/C=C/C=C/CO)cc2OC)cc1. The number of aliphatic hydroxyl groups excluding tert-OH is 1. The molecule has 5 heteroatoms. The quantitative estimate of drug-likeness (QED) is 0.634. The van der Waals surface area contributed by atoms with Crippen LogP contribution in [-0.2, 0) is 6.61 Å². The molecule has 2 aromatic rings. The molecule has 0 heterocycles. The lowest BCUT2D eigenvalue weighted by atomic mass is 10.1. The highest BCUT2D eigenvalue weighted by atomic mass is 16.5. The fourth-order valence-electron chi connectivity index (χ4n) is 2.45. The van der Waals surface area contributed by atoms with Gasteiger partial charge in [-0.1, -0.05) is 36.4 Å². The van der Waals surface area contributed by atoms with Gasteiger partial charge in [0.25, 0.3) is 0 Å². The molecule has 0 unspecified atom stereocenters. The Morgan fingerprint density at radius 2 is 1.59 bits per heavy atom. The second-order valence-corrected chi connectivity index (χ2v) is 5.59. The second kappa shape index (κ2) is 10.9. The molecule has 0 amide bonds. The smallest absolute Gasteiger partial charge is 0.203 e. The van der Waals surface area contributed by atoms with Crippen LogP contribution >= 0.6 is 0 Å². The number of hydrogen-bond acceptors (Lipinski definition) is 5. The summed E-state index contributed by atoms with van der Waals surface area (Å²) in [6.45, 7) is 2.99. The summed E-state index contributed by atoms with van der Waals surface area (Å²) in [7, 11) is 3.19. The summed E-state index contributed by atoms with van der Waals surface area (Å²) in [5, 5.41) is 8.77. The summed E-state index contributed by atoms with van der Waals surface area (Å²) in [5.74, 6) is 2.57. The Balaban J connectivity index is 2.17. The maximum atomic E-state index is 8.77. The van der Waals surface area contributed by atoms with Crippen LogP contribution < -0.4 is 18.9 Å². The van der Waals surface area contributed by atoms with Crippen molar-refractivity contribution in [3.63, 3.8) is 0 Å². The Morgan fingerprint density at radius 3 is 2.15 bits per heavy atom. The lowest BCUT2D eigenvalue weighted by molar-refractivity contribution is 0.265. The van der Waals surface area contributed by atoms with Gasteiger partial charge in [-0.15, -0.1) is 0 Å². The molecule has 0 atom stereocenters. The molecule has 0 aliphatic carbocycles. The predicted octanol–water partition coefficient (Wildman–Crippen LogP) is 4.24. The van der Waals surface area contributed by atoms with Gasteiger partial charge in [0.05, 0.1) is 27.4 Å². The van der Waals surface area contributed by atoms with E-state index < -0.39 is 0 Å². The third-order valence-electron chi connectivity index (χ3n) is 3.74. The summed E-state index contributed by atoms with van der Waals surface area (Å²) >= 11 is 0. The van der Waals surface area contributed by atoms with Crippen LogP contribution in [0.15, 0.2) is 54.6 Å². The molecular weight excluding hydrogens is 344 g/mol. The first kappa shape index (κ1) is 20.4. The van der Waals surface area contributed by atoms with Crippen LogP contribution in [0, 0.1) is 0 Å². The minimum atomic E-state index is 0.00923. The van der Waals surface area contributed by atoms with Crippen molar-refractivity contribution in [2.24, 2.45) is 0 Å². The highest BCUT2D eigenvalue weighted by Gasteiger charge is 2.13. The zero-order valence-corrected chi connectivity index (χ0v) is 16.0. The van der Waals surface area contributed by atoms with Crippen molar-refractivity contribution in [2.75, 3.05) is 27.4 Å². The minimum Gasteiger partial charge on any atom is -0.494 e. The third-order valence-corrected chi connectivity index (χ3v) is 3.74. The van der Waals surface area contributed by atoms with E-state index in [1.807, 2.05) is 55.5 Å². The Bertz CT molecular complexity index is 738. The fourth-order valence-corrected chi connectivity index (χ4v) is 2.45. The number of allylic oxidation sites excluding steroid dienone is 2. The topological polar surface area (TPSA) is 57.2 Å². The lowest BCUT2D eigenvalue weighted by Gasteiger charge is -2.15. The van der Waals surface area contributed by atoms with Crippen LogP contribution in [0.4, 0.5) is 0 Å². The maximum Gasteiger partial charge on any atom is 0.203 e. The van der Waals surface area contributed by atoms with Crippen LogP contribution in [0.25, 0.3) is 6.08 Å². The van der Waals surface area contributed by atoms with Gasteiger partial charge in [0.1, 0.15) is 12.4 Å². The highest BCUT2D eigenvalue weighted by Crippen LogP contribution is 2.39. The molecule has 0 aromatic heterocycles. The van der Waals surface area contributed by atoms with Gasteiger partial charge in [0.15, 0.2) is 11.5 Å². The van der Waals surface area contributed by atoms with E-state index in [0.717, 1.165) is 16.9 Å². The first-order chi connectivity index (χ1) is 13.2. The van der Waals surface area contributed by atoms with Gasteiger partial charge in [0.2, 0.25) is 5.75 Å². The molecule has 144 valence electrons. The first-order valence-corrected chi connectivity index (χ1v) is 8.76. The van der Waals surface area contributed by atoms with Crippen LogP contribution in [-0.4, -0.2) is 32.5 Å². The third kappa shape index (κ3) is 6.08. The Hall–Kier alpha value is -2.92. The molecule has 0 aliphatic heterocycles. The van der Waals surface area contributed by atoms with Crippen LogP contribution in [0.3, 0.4) is 0 Å². The van der Waals surface area contributed by atoms with Crippen molar-refractivity contribution in [3.8, 4) is 23.0 Å². The summed E-state index contributed by atoms with van der Waals surface area (Å²) < 4.78 is 22.4. The summed E-state index contributed by atoms with van der Waals surface area (Å²) in [6.07, 6.45) is 7.16. The Labute approximate surface area is 160 Å².